The lowest BCUT2D eigenvalue weighted by atomic mass is 10.0. The van der Waals surface area contributed by atoms with Gasteiger partial charge in [-0.15, -0.1) is 0 Å². The van der Waals surface area contributed by atoms with Gasteiger partial charge in [0.2, 0.25) is 0 Å². The molecule has 0 radical (unpaired) electrons. The average molecular weight is 233 g/mol. The predicted molar refractivity (Wildman–Crippen MR) is 52.8 cm³/mol. The molecule has 1 aliphatic carbocycles. The fourth-order valence-corrected chi connectivity index (χ4v) is 1.78. The molecule has 0 bridgehead atoms. The van der Waals surface area contributed by atoms with E-state index in [-0.39, 0.29) is 22.1 Å². The maximum absolute atomic E-state index is 13.7. The van der Waals surface area contributed by atoms with Gasteiger partial charge in [0.25, 0.3) is 0 Å². The van der Waals surface area contributed by atoms with Crippen molar-refractivity contribution in [3.05, 3.63) is 22.5 Å². The molecule has 1 aromatic carbocycles. The summed E-state index contributed by atoms with van der Waals surface area (Å²) in [6.07, 6.45) is 0.889. The molecule has 0 heterocycles. The van der Waals surface area contributed by atoms with Crippen LogP contribution in [0.4, 0.5) is 4.39 Å². The fourth-order valence-electron chi connectivity index (χ4n) is 1.59. The van der Waals surface area contributed by atoms with E-state index in [1.54, 1.807) is 0 Å². The van der Waals surface area contributed by atoms with Crippen LogP contribution in [0.5, 0.6) is 11.5 Å². The quantitative estimate of drug-likeness (QED) is 0.822. The third kappa shape index (κ3) is 1.54. The molecule has 3 nitrogen and oxygen atoms in total. The van der Waals surface area contributed by atoms with E-state index in [0.29, 0.717) is 12.8 Å². The van der Waals surface area contributed by atoms with Crippen molar-refractivity contribution in [3.8, 4) is 11.5 Å². The van der Waals surface area contributed by atoms with Crippen LogP contribution in [0.25, 0.3) is 0 Å². The van der Waals surface area contributed by atoms with Crippen LogP contribution >= 0.6 is 11.6 Å². The van der Waals surface area contributed by atoms with Crippen molar-refractivity contribution >= 4 is 11.6 Å². The zero-order chi connectivity index (χ0) is 11.2. The van der Waals surface area contributed by atoms with E-state index in [2.05, 4.69) is 0 Å². The van der Waals surface area contributed by atoms with Gasteiger partial charge >= 0.3 is 0 Å². The Morgan fingerprint density at radius 2 is 2.13 bits per heavy atom. The van der Waals surface area contributed by atoms with E-state index in [9.17, 15) is 14.6 Å². The third-order valence-electron chi connectivity index (χ3n) is 2.55. The van der Waals surface area contributed by atoms with Crippen LogP contribution in [0.2, 0.25) is 5.02 Å². The average Bonchev–Trinajstić information content (AvgIpc) is 2.90. The second kappa shape index (κ2) is 3.25. The lowest BCUT2D eigenvalue weighted by Crippen LogP contribution is -2.10. The molecule has 5 heteroatoms. The van der Waals surface area contributed by atoms with Crippen LogP contribution in [-0.2, 0) is 5.60 Å². The summed E-state index contributed by atoms with van der Waals surface area (Å²) in [5.74, 6) is -1.04. The van der Waals surface area contributed by atoms with Gasteiger partial charge in [-0.05, 0) is 12.8 Å². The van der Waals surface area contributed by atoms with Crippen molar-refractivity contribution in [1.82, 2.24) is 0 Å². The van der Waals surface area contributed by atoms with Gasteiger partial charge in [0.15, 0.2) is 17.3 Å². The van der Waals surface area contributed by atoms with E-state index in [4.69, 9.17) is 16.3 Å². The van der Waals surface area contributed by atoms with E-state index in [0.717, 1.165) is 6.07 Å². The van der Waals surface area contributed by atoms with Gasteiger partial charge < -0.3 is 14.9 Å². The van der Waals surface area contributed by atoms with Crippen molar-refractivity contribution in [2.75, 3.05) is 7.11 Å². The lowest BCUT2D eigenvalue weighted by molar-refractivity contribution is 0.141. The van der Waals surface area contributed by atoms with Crippen LogP contribution in [0, 0.1) is 5.82 Å². The molecule has 2 rings (SSSR count). The van der Waals surface area contributed by atoms with Crippen LogP contribution in [0.1, 0.15) is 18.4 Å². The first-order valence-corrected chi connectivity index (χ1v) is 4.85. The number of phenolic OH excluding ortho intramolecular Hbond substituents is 1. The highest BCUT2D eigenvalue weighted by atomic mass is 35.5. The van der Waals surface area contributed by atoms with Gasteiger partial charge in [-0.2, -0.15) is 0 Å². The largest absolute Gasteiger partial charge is 0.504 e. The number of ether oxygens (including phenoxy) is 1. The van der Waals surface area contributed by atoms with Crippen molar-refractivity contribution < 1.29 is 19.3 Å². The number of methoxy groups -OCH3 is 1. The highest BCUT2D eigenvalue weighted by molar-refractivity contribution is 6.31. The maximum atomic E-state index is 13.7. The molecule has 0 saturated heterocycles. The summed E-state index contributed by atoms with van der Waals surface area (Å²) in [7, 11) is 1.30. The summed E-state index contributed by atoms with van der Waals surface area (Å²) in [4.78, 5) is 0. The van der Waals surface area contributed by atoms with Crippen LogP contribution in [-0.4, -0.2) is 17.3 Å². The number of hydrogen-bond acceptors (Lipinski definition) is 3. The molecule has 1 aromatic rings. The molecular formula is C10H10ClFO3. The summed E-state index contributed by atoms with van der Waals surface area (Å²) in [5.41, 5.74) is -1.28. The Labute approximate surface area is 91.1 Å². The zero-order valence-electron chi connectivity index (χ0n) is 8.05. The van der Waals surface area contributed by atoms with Gasteiger partial charge in [-0.1, -0.05) is 11.6 Å². The molecule has 15 heavy (non-hydrogen) atoms. The van der Waals surface area contributed by atoms with Gasteiger partial charge in [-0.25, -0.2) is 4.39 Å². The topological polar surface area (TPSA) is 49.7 Å². The van der Waals surface area contributed by atoms with Gasteiger partial charge in [-0.3, -0.25) is 0 Å². The Morgan fingerprint density at radius 3 is 2.60 bits per heavy atom. The van der Waals surface area contributed by atoms with Crippen molar-refractivity contribution in [3.63, 3.8) is 0 Å². The van der Waals surface area contributed by atoms with Crippen molar-refractivity contribution in [1.29, 1.82) is 0 Å². The van der Waals surface area contributed by atoms with Crippen molar-refractivity contribution in [2.24, 2.45) is 0 Å². The number of aliphatic hydroxyl groups is 1. The first kappa shape index (κ1) is 10.5. The molecule has 0 atom stereocenters. The number of rotatable bonds is 2. The molecule has 82 valence electrons. The third-order valence-corrected chi connectivity index (χ3v) is 2.82. The fraction of sp³-hybridized carbons (Fsp3) is 0.400. The molecule has 0 unspecified atom stereocenters. The second-order valence-electron chi connectivity index (χ2n) is 3.63. The van der Waals surface area contributed by atoms with Gasteiger partial charge in [0.1, 0.15) is 0 Å². The Balaban J connectivity index is 2.68. The highest BCUT2D eigenvalue weighted by Gasteiger charge is 2.47. The summed E-state index contributed by atoms with van der Waals surface area (Å²) in [6.45, 7) is 0. The molecule has 0 aromatic heterocycles. The van der Waals surface area contributed by atoms with Gasteiger partial charge in [0.05, 0.1) is 23.3 Å². The number of halogens is 2. The molecule has 0 aliphatic heterocycles. The van der Waals surface area contributed by atoms with E-state index < -0.39 is 11.4 Å². The smallest absolute Gasteiger partial charge is 0.169 e. The summed E-state index contributed by atoms with van der Waals surface area (Å²) >= 11 is 5.58. The van der Waals surface area contributed by atoms with Crippen LogP contribution < -0.4 is 4.74 Å². The Kier molecular flexibility index (Phi) is 2.28. The van der Waals surface area contributed by atoms with E-state index in [1.165, 1.54) is 7.11 Å². The number of benzene rings is 1. The maximum Gasteiger partial charge on any atom is 0.169 e. The van der Waals surface area contributed by atoms with Crippen LogP contribution in [0.3, 0.4) is 0 Å². The summed E-state index contributed by atoms with van der Waals surface area (Å²) in [5, 5.41) is 19.1. The van der Waals surface area contributed by atoms with Crippen molar-refractivity contribution in [2.45, 2.75) is 18.4 Å². The van der Waals surface area contributed by atoms with E-state index in [1.807, 2.05) is 0 Å². The predicted octanol–water partition coefficient (Wildman–Crippen LogP) is 2.17. The SMILES string of the molecule is COc1c(O)cc(Cl)c(F)c1C1(O)CC1. The lowest BCUT2D eigenvalue weighted by Gasteiger charge is -2.16. The minimum Gasteiger partial charge on any atom is -0.504 e. The zero-order valence-corrected chi connectivity index (χ0v) is 8.81. The highest BCUT2D eigenvalue weighted by Crippen LogP contribution is 2.53. The number of aromatic hydroxyl groups is 1. The Bertz CT molecular complexity index is 416. The second-order valence-corrected chi connectivity index (χ2v) is 4.04. The number of phenols is 1. The molecule has 1 aliphatic rings. The minimum absolute atomic E-state index is 0.0445. The molecular weight excluding hydrogens is 223 g/mol. The molecule has 1 fully saturated rings. The van der Waals surface area contributed by atoms with E-state index >= 15 is 0 Å². The molecule has 0 spiro atoms. The first-order valence-electron chi connectivity index (χ1n) is 4.47. The normalized spacial score (nSPS) is 17.6. The standard InChI is InChI=1S/C10H10ClFO3/c1-15-9-6(13)4-5(11)8(12)7(9)10(14)2-3-10/h4,13-14H,2-3H2,1H3. The summed E-state index contributed by atoms with van der Waals surface area (Å²) < 4.78 is 18.6. The Morgan fingerprint density at radius 1 is 1.53 bits per heavy atom. The summed E-state index contributed by atoms with van der Waals surface area (Å²) in [6, 6.07) is 1.06. The van der Waals surface area contributed by atoms with Gasteiger partial charge in [0, 0.05) is 6.07 Å². The Hall–Kier alpha value is -1.00. The molecule has 2 N–H and O–H groups in total. The minimum atomic E-state index is -1.24. The van der Waals surface area contributed by atoms with Crippen LogP contribution in [0.15, 0.2) is 6.07 Å². The monoisotopic (exact) mass is 232 g/mol. The molecule has 1 saturated carbocycles. The molecule has 0 amide bonds. The first-order chi connectivity index (χ1) is 6.99. The number of hydrogen-bond donors (Lipinski definition) is 2.